The van der Waals surface area contributed by atoms with Gasteiger partial charge in [-0.25, -0.2) is 4.79 Å². The molecule has 0 aliphatic rings. The first-order chi connectivity index (χ1) is 15.1. The van der Waals surface area contributed by atoms with Gasteiger partial charge in [-0.1, -0.05) is 6.92 Å². The highest BCUT2D eigenvalue weighted by Gasteiger charge is 2.29. The minimum absolute atomic E-state index is 0.0342. The van der Waals surface area contributed by atoms with Crippen LogP contribution in [0.5, 0.6) is 0 Å². The van der Waals surface area contributed by atoms with E-state index in [1.807, 2.05) is 6.92 Å². The van der Waals surface area contributed by atoms with Crippen molar-refractivity contribution < 1.29 is 43.7 Å². The molecule has 3 amide bonds. The minimum Gasteiger partial charge on any atom is -0.481 e. The monoisotopic (exact) mass is 480 g/mol. The fourth-order valence-electron chi connectivity index (χ4n) is 2.16. The van der Waals surface area contributed by atoms with Crippen molar-refractivity contribution in [2.24, 2.45) is 5.73 Å². The lowest BCUT2D eigenvalue weighted by Crippen LogP contribution is -2.57. The number of thiol groups is 1. The number of carbonyl (C=O) groups excluding carboxylic acids is 3. The normalized spacial score (nSPS) is 13.5. The number of aliphatic carboxylic acids is 2. The van der Waals surface area contributed by atoms with E-state index in [0.29, 0.717) is 19.8 Å². The number of carboxylic acids is 2. The lowest BCUT2D eigenvalue weighted by atomic mass is 10.1. The number of hydrogen-bond donors (Lipinski definition) is 7. The van der Waals surface area contributed by atoms with Crippen molar-refractivity contribution in [3.8, 4) is 0 Å². The highest BCUT2D eigenvalue weighted by molar-refractivity contribution is 7.80. The van der Waals surface area contributed by atoms with Gasteiger partial charge in [0.25, 0.3) is 0 Å². The van der Waals surface area contributed by atoms with Crippen LogP contribution in [0.2, 0.25) is 0 Å². The molecule has 0 aromatic rings. The molecule has 0 radical (unpaired) electrons. The molecular formula is C18H32N4O9S. The largest absolute Gasteiger partial charge is 0.481 e. The molecule has 0 aromatic heterocycles. The van der Waals surface area contributed by atoms with E-state index in [0.717, 1.165) is 6.42 Å². The average molecular weight is 481 g/mol. The van der Waals surface area contributed by atoms with E-state index in [1.165, 1.54) is 0 Å². The second-order valence-corrected chi connectivity index (χ2v) is 6.99. The Balaban J connectivity index is 4.48. The van der Waals surface area contributed by atoms with Gasteiger partial charge in [0.05, 0.1) is 26.2 Å². The van der Waals surface area contributed by atoms with E-state index in [9.17, 15) is 24.0 Å². The molecule has 0 heterocycles. The molecule has 0 rings (SSSR count). The third kappa shape index (κ3) is 13.8. The van der Waals surface area contributed by atoms with Crippen LogP contribution in [-0.4, -0.2) is 96.7 Å². The Morgan fingerprint density at radius 1 is 0.938 bits per heavy atom. The minimum atomic E-state index is -1.56. The second-order valence-electron chi connectivity index (χ2n) is 6.63. The standard InChI is InChI=1S/C18H32N4O9S/c1-2-4-30-6-7-31-5-3-14(23)20-9-11(19)16(26)21-12(8-15(24)25)17(27)22-13(10-32)18(28)29/h11-13,32H,2-10,19H2,1H3,(H,20,23)(H,21,26)(H,22,27)(H,24,25)(H,28,29)/t11?,12-,13-/m0/s1. The molecule has 0 aromatic carbocycles. The second kappa shape index (κ2) is 17.2. The number of amides is 3. The number of nitrogens with two attached hydrogens (primary N) is 1. The van der Waals surface area contributed by atoms with E-state index in [-0.39, 0.29) is 25.3 Å². The average Bonchev–Trinajstić information content (AvgIpc) is 2.73. The molecular weight excluding hydrogens is 448 g/mol. The van der Waals surface area contributed by atoms with Gasteiger partial charge in [0.1, 0.15) is 18.1 Å². The van der Waals surface area contributed by atoms with Crippen LogP contribution in [0.3, 0.4) is 0 Å². The van der Waals surface area contributed by atoms with Gasteiger partial charge in [-0.15, -0.1) is 0 Å². The predicted molar refractivity (Wildman–Crippen MR) is 115 cm³/mol. The summed E-state index contributed by atoms with van der Waals surface area (Å²) in [5, 5.41) is 24.6. The molecule has 3 atom stereocenters. The number of carbonyl (C=O) groups is 5. The summed E-state index contributed by atoms with van der Waals surface area (Å²) < 4.78 is 10.5. The predicted octanol–water partition coefficient (Wildman–Crippen LogP) is -2.28. The first-order valence-electron chi connectivity index (χ1n) is 9.96. The fourth-order valence-corrected chi connectivity index (χ4v) is 2.40. The highest BCUT2D eigenvalue weighted by atomic mass is 32.1. The lowest BCUT2D eigenvalue weighted by molar-refractivity contribution is -0.143. The summed E-state index contributed by atoms with van der Waals surface area (Å²) in [6, 6.07) is -4.20. The first kappa shape index (κ1) is 29.6. The Kier molecular flexibility index (Phi) is 15.9. The summed E-state index contributed by atoms with van der Waals surface area (Å²) in [6.07, 6.45) is 0.137. The molecule has 7 N–H and O–H groups in total. The summed E-state index contributed by atoms with van der Waals surface area (Å²) in [6.45, 7) is 3.27. The van der Waals surface area contributed by atoms with E-state index >= 15 is 0 Å². The Morgan fingerprint density at radius 3 is 2.06 bits per heavy atom. The van der Waals surface area contributed by atoms with Crippen molar-refractivity contribution in [3.63, 3.8) is 0 Å². The summed E-state index contributed by atoms with van der Waals surface area (Å²) in [7, 11) is 0. The van der Waals surface area contributed by atoms with Crippen molar-refractivity contribution >= 4 is 42.3 Å². The van der Waals surface area contributed by atoms with Gasteiger partial charge in [0, 0.05) is 25.3 Å². The van der Waals surface area contributed by atoms with Crippen LogP contribution in [0, 0.1) is 0 Å². The highest BCUT2D eigenvalue weighted by Crippen LogP contribution is 1.98. The van der Waals surface area contributed by atoms with Gasteiger partial charge in [-0.3, -0.25) is 19.2 Å². The van der Waals surface area contributed by atoms with Crippen LogP contribution in [0.1, 0.15) is 26.2 Å². The van der Waals surface area contributed by atoms with Gasteiger partial charge in [-0.2, -0.15) is 12.6 Å². The molecule has 0 spiro atoms. The van der Waals surface area contributed by atoms with Crippen molar-refractivity contribution in [2.45, 2.75) is 44.3 Å². The van der Waals surface area contributed by atoms with Crippen LogP contribution >= 0.6 is 12.6 Å². The molecule has 1 unspecified atom stereocenters. The third-order valence-electron chi connectivity index (χ3n) is 3.86. The number of ether oxygens (including phenoxy) is 2. The fraction of sp³-hybridized carbons (Fsp3) is 0.722. The molecule has 0 bridgehead atoms. The smallest absolute Gasteiger partial charge is 0.327 e. The molecule has 0 saturated carbocycles. The Hall–Kier alpha value is -2.42. The molecule has 14 heteroatoms. The lowest BCUT2D eigenvalue weighted by Gasteiger charge is -2.21. The topological polar surface area (TPSA) is 206 Å². The third-order valence-corrected chi connectivity index (χ3v) is 4.22. The van der Waals surface area contributed by atoms with E-state index < -0.39 is 54.2 Å². The van der Waals surface area contributed by atoms with Gasteiger partial charge >= 0.3 is 11.9 Å². The zero-order chi connectivity index (χ0) is 24.5. The van der Waals surface area contributed by atoms with Crippen molar-refractivity contribution in [1.82, 2.24) is 16.0 Å². The Morgan fingerprint density at radius 2 is 1.53 bits per heavy atom. The molecule has 0 saturated heterocycles. The van der Waals surface area contributed by atoms with Crippen molar-refractivity contribution in [1.29, 1.82) is 0 Å². The van der Waals surface area contributed by atoms with Crippen molar-refractivity contribution in [2.75, 3.05) is 38.7 Å². The maximum atomic E-state index is 12.2. The summed E-state index contributed by atoms with van der Waals surface area (Å²) in [4.78, 5) is 58.2. The van der Waals surface area contributed by atoms with Crippen LogP contribution in [0.25, 0.3) is 0 Å². The van der Waals surface area contributed by atoms with Gasteiger partial charge < -0.3 is 41.4 Å². The zero-order valence-electron chi connectivity index (χ0n) is 17.9. The molecule has 0 fully saturated rings. The molecule has 32 heavy (non-hydrogen) atoms. The zero-order valence-corrected chi connectivity index (χ0v) is 18.8. The van der Waals surface area contributed by atoms with Crippen LogP contribution < -0.4 is 21.7 Å². The van der Waals surface area contributed by atoms with Gasteiger partial charge in [0.2, 0.25) is 17.7 Å². The van der Waals surface area contributed by atoms with E-state index in [4.69, 9.17) is 25.4 Å². The molecule has 13 nitrogen and oxygen atoms in total. The van der Waals surface area contributed by atoms with E-state index in [1.54, 1.807) is 0 Å². The summed E-state index contributed by atoms with van der Waals surface area (Å²) in [5.41, 5.74) is 5.68. The first-order valence-corrected chi connectivity index (χ1v) is 10.6. The Labute approximate surface area is 191 Å². The summed E-state index contributed by atoms with van der Waals surface area (Å²) in [5.74, 6) is -5.33. The maximum absolute atomic E-state index is 12.2. The molecule has 0 aliphatic heterocycles. The van der Waals surface area contributed by atoms with Crippen LogP contribution in [0.4, 0.5) is 0 Å². The summed E-state index contributed by atoms with van der Waals surface area (Å²) >= 11 is 3.79. The number of nitrogens with one attached hydrogen (secondary N) is 3. The quantitative estimate of drug-likeness (QED) is 0.0826. The van der Waals surface area contributed by atoms with E-state index in [2.05, 4.69) is 28.6 Å². The van der Waals surface area contributed by atoms with Crippen molar-refractivity contribution in [3.05, 3.63) is 0 Å². The molecule has 0 aliphatic carbocycles. The molecule has 184 valence electrons. The van der Waals surface area contributed by atoms with Gasteiger partial charge in [-0.05, 0) is 6.42 Å². The van der Waals surface area contributed by atoms with Crippen LogP contribution in [0.15, 0.2) is 0 Å². The van der Waals surface area contributed by atoms with Crippen LogP contribution in [-0.2, 0) is 33.4 Å². The SMILES string of the molecule is CCCOCCOCCC(=O)NCC(N)C(=O)N[C@@H](CC(=O)O)C(=O)N[C@@H](CS)C(=O)O. The number of carboxylic acid groups (broad SMARTS) is 2. The Bertz CT molecular complexity index is 636. The number of rotatable bonds is 18. The maximum Gasteiger partial charge on any atom is 0.327 e. The van der Waals surface area contributed by atoms with Gasteiger partial charge in [0.15, 0.2) is 0 Å². The number of hydrogen-bond acceptors (Lipinski definition) is 9.